The molecule has 1 amide bonds. The monoisotopic (exact) mass is 296 g/mol. The maximum absolute atomic E-state index is 12.0. The van der Waals surface area contributed by atoms with Gasteiger partial charge in [0.25, 0.3) is 0 Å². The molecule has 1 aliphatic heterocycles. The highest BCUT2D eigenvalue weighted by molar-refractivity contribution is 5.68. The molecule has 0 spiro atoms. The van der Waals surface area contributed by atoms with Gasteiger partial charge in [-0.15, -0.1) is 0 Å². The Labute approximate surface area is 129 Å². The van der Waals surface area contributed by atoms with Gasteiger partial charge in [-0.3, -0.25) is 0 Å². The van der Waals surface area contributed by atoms with Gasteiger partial charge < -0.3 is 15.0 Å². The van der Waals surface area contributed by atoms with Crippen molar-refractivity contribution >= 4 is 6.09 Å². The Kier molecular flexibility index (Phi) is 4.86. The van der Waals surface area contributed by atoms with Gasteiger partial charge in [0.2, 0.25) is 0 Å². The molecule has 1 N–H and O–H groups in total. The fraction of sp³-hybridized carbons (Fsp3) is 0.941. The molecule has 0 aromatic rings. The van der Waals surface area contributed by atoms with Gasteiger partial charge in [-0.05, 0) is 71.3 Å². The first-order valence-corrected chi connectivity index (χ1v) is 8.41. The summed E-state index contributed by atoms with van der Waals surface area (Å²) >= 11 is 0. The summed E-state index contributed by atoms with van der Waals surface area (Å²) in [4.78, 5) is 13.9. The molecule has 2 fully saturated rings. The maximum Gasteiger partial charge on any atom is 0.410 e. The second kappa shape index (κ2) is 6.15. The van der Waals surface area contributed by atoms with Crippen molar-refractivity contribution in [3.05, 3.63) is 0 Å². The van der Waals surface area contributed by atoms with Crippen LogP contribution in [0.3, 0.4) is 0 Å². The number of hydrogen-bond acceptors (Lipinski definition) is 3. The van der Waals surface area contributed by atoms with Crippen LogP contribution in [0.1, 0.15) is 60.3 Å². The third kappa shape index (κ3) is 4.87. The predicted molar refractivity (Wildman–Crippen MR) is 85.3 cm³/mol. The third-order valence-electron chi connectivity index (χ3n) is 5.02. The molecule has 21 heavy (non-hydrogen) atoms. The van der Waals surface area contributed by atoms with Crippen LogP contribution >= 0.6 is 0 Å². The zero-order valence-electron chi connectivity index (χ0n) is 14.4. The van der Waals surface area contributed by atoms with E-state index < -0.39 is 5.60 Å². The van der Waals surface area contributed by atoms with Crippen LogP contribution in [0.25, 0.3) is 0 Å². The zero-order chi connectivity index (χ0) is 15.7. The minimum atomic E-state index is -0.397. The molecule has 1 saturated carbocycles. The SMILES string of the molecule is CC(NCCC1CCN(C(=O)OC(C)(C)C)C1)C1(C)CC1. The normalized spacial score (nSPS) is 25.8. The van der Waals surface area contributed by atoms with Crippen molar-refractivity contribution in [2.45, 2.75) is 71.9 Å². The predicted octanol–water partition coefficient (Wildman–Crippen LogP) is 3.41. The summed E-state index contributed by atoms with van der Waals surface area (Å²) in [5.74, 6) is 0.615. The van der Waals surface area contributed by atoms with Crippen molar-refractivity contribution in [1.29, 1.82) is 0 Å². The van der Waals surface area contributed by atoms with E-state index in [9.17, 15) is 4.79 Å². The standard InChI is InChI=1S/C17H32N2O2/c1-13(17(5)8-9-17)18-10-6-14-7-11-19(12-14)15(20)21-16(2,3)4/h13-14,18H,6-12H2,1-5H3. The lowest BCUT2D eigenvalue weighted by molar-refractivity contribution is 0.0287. The number of carbonyl (C=O) groups is 1. The first-order chi connectivity index (χ1) is 9.70. The second-order valence-corrected chi connectivity index (χ2v) is 8.20. The lowest BCUT2D eigenvalue weighted by Gasteiger charge is -2.24. The first kappa shape index (κ1) is 16.6. The average Bonchev–Trinajstić information content (AvgIpc) is 2.94. The fourth-order valence-electron chi connectivity index (χ4n) is 2.94. The molecular weight excluding hydrogens is 264 g/mol. The Balaban J connectivity index is 1.65. The Morgan fingerprint density at radius 2 is 2.10 bits per heavy atom. The summed E-state index contributed by atoms with van der Waals surface area (Å²) in [6, 6.07) is 0.612. The molecule has 1 aliphatic carbocycles. The van der Waals surface area contributed by atoms with E-state index in [-0.39, 0.29) is 6.09 Å². The van der Waals surface area contributed by atoms with Gasteiger partial charge in [0, 0.05) is 19.1 Å². The van der Waals surface area contributed by atoms with Gasteiger partial charge >= 0.3 is 6.09 Å². The van der Waals surface area contributed by atoms with Gasteiger partial charge in [0.1, 0.15) is 5.60 Å². The number of nitrogens with zero attached hydrogens (tertiary/aromatic N) is 1. The number of ether oxygens (including phenoxy) is 1. The van der Waals surface area contributed by atoms with Crippen LogP contribution in [0.5, 0.6) is 0 Å². The van der Waals surface area contributed by atoms with Crippen molar-refractivity contribution in [1.82, 2.24) is 10.2 Å². The van der Waals surface area contributed by atoms with E-state index in [0.29, 0.717) is 17.4 Å². The van der Waals surface area contributed by atoms with Crippen LogP contribution in [-0.4, -0.2) is 42.3 Å². The van der Waals surface area contributed by atoms with Gasteiger partial charge in [-0.1, -0.05) is 6.92 Å². The molecule has 0 bridgehead atoms. The molecule has 122 valence electrons. The summed E-state index contributed by atoms with van der Waals surface area (Å²) in [7, 11) is 0. The molecule has 1 heterocycles. The Morgan fingerprint density at radius 1 is 1.43 bits per heavy atom. The van der Waals surface area contributed by atoms with Crippen molar-refractivity contribution in [2.75, 3.05) is 19.6 Å². The number of nitrogens with one attached hydrogen (secondary N) is 1. The molecule has 2 rings (SSSR count). The minimum absolute atomic E-state index is 0.156. The largest absolute Gasteiger partial charge is 0.444 e. The molecule has 4 heteroatoms. The zero-order valence-corrected chi connectivity index (χ0v) is 14.4. The van der Waals surface area contributed by atoms with E-state index in [1.54, 1.807) is 0 Å². The number of hydrogen-bond donors (Lipinski definition) is 1. The Hall–Kier alpha value is -0.770. The summed E-state index contributed by atoms with van der Waals surface area (Å²) in [6.45, 7) is 13.2. The molecule has 0 aromatic heterocycles. The van der Waals surface area contributed by atoms with Crippen molar-refractivity contribution in [3.8, 4) is 0 Å². The first-order valence-electron chi connectivity index (χ1n) is 8.41. The Bertz CT molecular complexity index is 371. The quantitative estimate of drug-likeness (QED) is 0.845. The van der Waals surface area contributed by atoms with Crippen molar-refractivity contribution in [3.63, 3.8) is 0 Å². The second-order valence-electron chi connectivity index (χ2n) is 8.20. The average molecular weight is 296 g/mol. The number of carbonyl (C=O) groups excluding carboxylic acids is 1. The van der Waals surface area contributed by atoms with E-state index in [2.05, 4.69) is 19.2 Å². The molecule has 1 saturated heterocycles. The molecule has 2 aliphatic rings. The summed E-state index contributed by atoms with van der Waals surface area (Å²) < 4.78 is 5.44. The van der Waals surface area contributed by atoms with E-state index in [4.69, 9.17) is 4.74 Å². The molecule has 4 nitrogen and oxygen atoms in total. The van der Waals surface area contributed by atoms with Gasteiger partial charge in [0.15, 0.2) is 0 Å². The number of likely N-dealkylation sites (tertiary alicyclic amines) is 1. The molecule has 2 atom stereocenters. The van der Waals surface area contributed by atoms with Crippen molar-refractivity contribution < 1.29 is 9.53 Å². The minimum Gasteiger partial charge on any atom is -0.444 e. The lowest BCUT2D eigenvalue weighted by atomic mass is 10.00. The third-order valence-corrected chi connectivity index (χ3v) is 5.02. The summed E-state index contributed by atoms with van der Waals surface area (Å²) in [5.41, 5.74) is 0.143. The smallest absolute Gasteiger partial charge is 0.410 e. The number of rotatable bonds is 5. The molecule has 2 unspecified atom stereocenters. The van der Waals surface area contributed by atoms with Crippen LogP contribution in [-0.2, 0) is 4.74 Å². The van der Waals surface area contributed by atoms with Crippen molar-refractivity contribution in [2.24, 2.45) is 11.3 Å². The molecular formula is C17H32N2O2. The van der Waals surface area contributed by atoms with Crippen LogP contribution in [0, 0.1) is 11.3 Å². The number of amides is 1. The van der Waals surface area contributed by atoms with E-state index in [1.165, 1.54) is 12.8 Å². The van der Waals surface area contributed by atoms with Crippen LogP contribution in [0.2, 0.25) is 0 Å². The van der Waals surface area contributed by atoms with E-state index >= 15 is 0 Å². The highest BCUT2D eigenvalue weighted by atomic mass is 16.6. The maximum atomic E-state index is 12.0. The van der Waals surface area contributed by atoms with Gasteiger partial charge in [-0.25, -0.2) is 4.79 Å². The fourth-order valence-corrected chi connectivity index (χ4v) is 2.94. The Morgan fingerprint density at radius 3 is 2.67 bits per heavy atom. The highest BCUT2D eigenvalue weighted by Gasteiger charge is 2.42. The van der Waals surface area contributed by atoms with Gasteiger partial charge in [-0.2, -0.15) is 0 Å². The molecule has 0 aromatic carbocycles. The topological polar surface area (TPSA) is 41.6 Å². The van der Waals surface area contributed by atoms with Gasteiger partial charge in [0.05, 0.1) is 0 Å². The summed E-state index contributed by atoms with van der Waals surface area (Å²) in [6.07, 6.45) is 4.82. The lowest BCUT2D eigenvalue weighted by Crippen LogP contribution is -2.36. The van der Waals surface area contributed by atoms with Crippen LogP contribution in [0.15, 0.2) is 0 Å². The van der Waals surface area contributed by atoms with E-state index in [0.717, 1.165) is 32.5 Å². The summed E-state index contributed by atoms with van der Waals surface area (Å²) in [5, 5.41) is 3.66. The molecule has 0 radical (unpaired) electrons. The van der Waals surface area contributed by atoms with E-state index in [1.807, 2.05) is 25.7 Å². The van der Waals surface area contributed by atoms with Crippen LogP contribution < -0.4 is 5.32 Å². The van der Waals surface area contributed by atoms with Crippen LogP contribution in [0.4, 0.5) is 4.79 Å². The highest BCUT2D eigenvalue weighted by Crippen LogP contribution is 2.47.